The zero-order valence-corrected chi connectivity index (χ0v) is 18.3. The Morgan fingerprint density at radius 1 is 1.07 bits per heavy atom. The van der Waals surface area contributed by atoms with Crippen molar-refractivity contribution in [1.29, 1.82) is 0 Å². The third-order valence-corrected chi connectivity index (χ3v) is 9.15. The molecule has 1 aromatic rings. The highest BCUT2D eigenvalue weighted by Gasteiger charge is 2.61. The molecule has 1 aromatic carbocycles. The zero-order chi connectivity index (χ0) is 19.8. The number of fused-ring (bicyclic) bond motifs is 5. The van der Waals surface area contributed by atoms with Gasteiger partial charge in [-0.15, -0.1) is 0 Å². The summed E-state index contributed by atoms with van der Waals surface area (Å²) >= 11 is 0. The van der Waals surface area contributed by atoms with Gasteiger partial charge < -0.3 is 4.74 Å². The molecule has 0 bridgehead atoms. The molecule has 4 atom stereocenters. The number of esters is 1. The van der Waals surface area contributed by atoms with E-state index in [-0.39, 0.29) is 11.4 Å². The van der Waals surface area contributed by atoms with Crippen LogP contribution in [-0.4, -0.2) is 13.1 Å². The average Bonchev–Trinajstić information content (AvgIpc) is 2.91. The average molecular weight is 369 g/mol. The number of hydrogen-bond donors (Lipinski definition) is 0. The van der Waals surface area contributed by atoms with Crippen LogP contribution in [0.3, 0.4) is 0 Å². The molecule has 0 aromatic heterocycles. The Bertz CT molecular complexity index is 805. The van der Waals surface area contributed by atoms with Gasteiger partial charge in [0, 0.05) is 0 Å². The summed E-state index contributed by atoms with van der Waals surface area (Å²) in [7, 11) is 1.51. The Morgan fingerprint density at radius 3 is 2.44 bits per heavy atom. The molecule has 0 spiro atoms. The van der Waals surface area contributed by atoms with Crippen molar-refractivity contribution in [3.8, 4) is 0 Å². The van der Waals surface area contributed by atoms with Gasteiger partial charge in [-0.05, 0) is 102 Å². The van der Waals surface area contributed by atoms with Crippen LogP contribution in [0, 0.1) is 36.5 Å². The predicted molar refractivity (Wildman–Crippen MR) is 110 cm³/mol. The lowest BCUT2D eigenvalue weighted by atomic mass is 9.43. The molecule has 0 saturated heterocycles. The molecule has 0 aliphatic heterocycles. The summed E-state index contributed by atoms with van der Waals surface area (Å²) in [5.41, 5.74) is 7.11. The van der Waals surface area contributed by atoms with Gasteiger partial charge in [0.05, 0.1) is 12.7 Å². The number of carbonyl (C=O) groups excluding carboxylic acids is 1. The standard InChI is InChI=1S/C25H36O2/c1-15-13-18(22(26)27-7)21-17(16(15)2)14-20-24(5)11-8-10-23(3,4)19(24)9-12-25(20,21)6/h13,19-20H,8-12,14H2,1-7H3/t19?,20-,24+,25-/m1/s1. The maximum Gasteiger partial charge on any atom is 0.338 e. The Balaban J connectivity index is 1.90. The summed E-state index contributed by atoms with van der Waals surface area (Å²) in [6.45, 7) is 14.4. The first-order valence-corrected chi connectivity index (χ1v) is 10.8. The first-order valence-electron chi connectivity index (χ1n) is 10.8. The molecule has 1 unspecified atom stereocenters. The van der Waals surface area contributed by atoms with Gasteiger partial charge in [0.25, 0.3) is 0 Å². The third kappa shape index (κ3) is 2.41. The van der Waals surface area contributed by atoms with Crippen LogP contribution in [0.5, 0.6) is 0 Å². The van der Waals surface area contributed by atoms with E-state index in [0.717, 1.165) is 17.9 Å². The lowest BCUT2D eigenvalue weighted by Crippen LogP contribution is -2.55. The van der Waals surface area contributed by atoms with Crippen LogP contribution >= 0.6 is 0 Å². The second-order valence-corrected chi connectivity index (χ2v) is 10.8. The van der Waals surface area contributed by atoms with E-state index >= 15 is 0 Å². The molecule has 0 N–H and O–H groups in total. The van der Waals surface area contributed by atoms with Crippen molar-refractivity contribution in [2.75, 3.05) is 7.11 Å². The summed E-state index contributed by atoms with van der Waals surface area (Å²) in [4.78, 5) is 12.7. The second kappa shape index (κ2) is 5.84. The van der Waals surface area contributed by atoms with Gasteiger partial charge in [-0.1, -0.05) is 34.1 Å². The molecule has 3 aliphatic carbocycles. The number of hydrogen-bond acceptors (Lipinski definition) is 2. The molecule has 2 nitrogen and oxygen atoms in total. The number of methoxy groups -OCH3 is 1. The van der Waals surface area contributed by atoms with Crippen molar-refractivity contribution < 1.29 is 9.53 Å². The summed E-state index contributed by atoms with van der Waals surface area (Å²) < 4.78 is 5.21. The highest BCUT2D eigenvalue weighted by molar-refractivity contribution is 5.93. The molecule has 2 fully saturated rings. The van der Waals surface area contributed by atoms with Crippen molar-refractivity contribution >= 4 is 5.97 Å². The van der Waals surface area contributed by atoms with Crippen LogP contribution in [0.1, 0.15) is 92.4 Å². The fourth-order valence-corrected chi connectivity index (χ4v) is 7.77. The number of benzene rings is 1. The maximum absolute atomic E-state index is 12.7. The van der Waals surface area contributed by atoms with Crippen LogP contribution < -0.4 is 0 Å². The van der Waals surface area contributed by atoms with Crippen LogP contribution in [-0.2, 0) is 16.6 Å². The summed E-state index contributed by atoms with van der Waals surface area (Å²) in [5.74, 6) is 1.25. The van der Waals surface area contributed by atoms with E-state index in [1.807, 2.05) is 0 Å². The number of rotatable bonds is 1. The molecule has 2 heteroatoms. The smallest absolute Gasteiger partial charge is 0.338 e. The van der Waals surface area contributed by atoms with Crippen LogP contribution in [0.2, 0.25) is 0 Å². The normalized spacial score (nSPS) is 36.6. The molecule has 0 amide bonds. The topological polar surface area (TPSA) is 26.3 Å². The molecule has 0 radical (unpaired) electrons. The quantitative estimate of drug-likeness (QED) is 0.556. The van der Waals surface area contributed by atoms with E-state index in [4.69, 9.17) is 4.74 Å². The van der Waals surface area contributed by atoms with E-state index in [9.17, 15) is 4.79 Å². The molecule has 2 saturated carbocycles. The van der Waals surface area contributed by atoms with Crippen molar-refractivity contribution in [1.82, 2.24) is 0 Å². The SMILES string of the molecule is COC(=O)c1cc(C)c(C)c2c1[C@]1(C)CCC3C(C)(C)CCC[C@]3(C)[C@H]1C2. The second-order valence-electron chi connectivity index (χ2n) is 10.8. The third-order valence-electron chi connectivity index (χ3n) is 9.15. The zero-order valence-electron chi connectivity index (χ0n) is 18.3. The molecule has 27 heavy (non-hydrogen) atoms. The van der Waals surface area contributed by atoms with Crippen molar-refractivity contribution in [2.24, 2.45) is 22.7 Å². The van der Waals surface area contributed by atoms with Crippen molar-refractivity contribution in [2.45, 2.75) is 85.5 Å². The summed E-state index contributed by atoms with van der Waals surface area (Å²) in [5, 5.41) is 0. The fourth-order valence-electron chi connectivity index (χ4n) is 7.77. The number of ether oxygens (including phenoxy) is 1. The molecule has 3 aliphatic rings. The predicted octanol–water partition coefficient (Wildman–Crippen LogP) is 6.15. The Morgan fingerprint density at radius 2 is 1.78 bits per heavy atom. The molecule has 0 heterocycles. The first kappa shape index (κ1) is 19.0. The van der Waals surface area contributed by atoms with Gasteiger partial charge in [-0.3, -0.25) is 0 Å². The van der Waals surface area contributed by atoms with Crippen LogP contribution in [0.4, 0.5) is 0 Å². The highest BCUT2D eigenvalue weighted by atomic mass is 16.5. The van der Waals surface area contributed by atoms with Gasteiger partial charge in [0.1, 0.15) is 0 Å². The van der Waals surface area contributed by atoms with E-state index in [2.05, 4.69) is 47.6 Å². The van der Waals surface area contributed by atoms with Crippen LogP contribution in [0.25, 0.3) is 0 Å². The largest absolute Gasteiger partial charge is 0.465 e. The number of aryl methyl sites for hydroxylation is 1. The first-order chi connectivity index (χ1) is 12.6. The van der Waals surface area contributed by atoms with Crippen molar-refractivity contribution in [3.63, 3.8) is 0 Å². The van der Waals surface area contributed by atoms with E-state index < -0.39 is 0 Å². The van der Waals surface area contributed by atoms with Gasteiger partial charge in [-0.2, -0.15) is 0 Å². The van der Waals surface area contributed by atoms with E-state index in [0.29, 0.717) is 16.7 Å². The molecule has 4 rings (SSSR count). The highest BCUT2D eigenvalue weighted by Crippen LogP contribution is 2.68. The Hall–Kier alpha value is -1.31. The minimum Gasteiger partial charge on any atom is -0.465 e. The van der Waals surface area contributed by atoms with Crippen molar-refractivity contribution in [3.05, 3.63) is 33.9 Å². The van der Waals surface area contributed by atoms with E-state index in [1.165, 1.54) is 61.5 Å². The minimum absolute atomic E-state index is 0.0932. The molecular formula is C25H36O2. The van der Waals surface area contributed by atoms with Gasteiger partial charge in [0.15, 0.2) is 0 Å². The van der Waals surface area contributed by atoms with Gasteiger partial charge >= 0.3 is 5.97 Å². The minimum atomic E-state index is -0.160. The maximum atomic E-state index is 12.7. The number of carbonyl (C=O) groups is 1. The summed E-state index contributed by atoms with van der Waals surface area (Å²) in [6.07, 6.45) is 7.64. The van der Waals surface area contributed by atoms with Gasteiger partial charge in [0.2, 0.25) is 0 Å². The molecule has 148 valence electrons. The Labute approximate surface area is 165 Å². The van der Waals surface area contributed by atoms with E-state index in [1.54, 1.807) is 0 Å². The van der Waals surface area contributed by atoms with Gasteiger partial charge in [-0.25, -0.2) is 4.79 Å². The molecular weight excluding hydrogens is 332 g/mol. The summed E-state index contributed by atoms with van der Waals surface area (Å²) in [6, 6.07) is 2.09. The monoisotopic (exact) mass is 368 g/mol. The van der Waals surface area contributed by atoms with Crippen LogP contribution in [0.15, 0.2) is 6.07 Å². The Kier molecular flexibility index (Phi) is 4.12. The lowest BCUT2D eigenvalue weighted by molar-refractivity contribution is -0.0983. The fraction of sp³-hybridized carbons (Fsp3) is 0.720. The lowest BCUT2D eigenvalue weighted by Gasteiger charge is -2.61.